The topological polar surface area (TPSA) is 134 Å². The van der Waals surface area contributed by atoms with E-state index in [-0.39, 0.29) is 1.43 Å². The van der Waals surface area contributed by atoms with E-state index in [9.17, 15) is 22.8 Å². The average Bonchev–Trinajstić information content (AvgIpc) is 2.46. The van der Waals surface area contributed by atoms with E-state index in [1.54, 1.807) is 20.8 Å². The van der Waals surface area contributed by atoms with Gasteiger partial charge in [0.25, 0.3) is 10.1 Å². The number of nitrogens with one attached hydrogen (secondary N) is 1. The molecule has 0 saturated carbocycles. The molecule has 0 aliphatic carbocycles. The van der Waals surface area contributed by atoms with Crippen LogP contribution in [-0.4, -0.2) is 64.7 Å². The largest absolute Gasteiger partial charge is 0.467 e. The molecule has 0 bridgehead atoms. The lowest BCUT2D eigenvalue weighted by atomic mass is 10.2. The van der Waals surface area contributed by atoms with Crippen LogP contribution in [-0.2, 0) is 38.1 Å². The number of rotatable bonds is 8. The van der Waals surface area contributed by atoms with Crippen LogP contribution in [0, 0.1) is 0 Å². The normalized spacial score (nSPS) is 12.9. The van der Waals surface area contributed by atoms with E-state index in [1.165, 1.54) is 0 Å². The monoisotopic (exact) mass is 371 g/mol. The second-order valence-electron chi connectivity index (χ2n) is 5.58. The zero-order valence-corrected chi connectivity index (χ0v) is 15.1. The van der Waals surface area contributed by atoms with Crippen molar-refractivity contribution in [2.24, 2.45) is 0 Å². The number of hydrogen-bond acceptors (Lipinski definition) is 9. The SMILES string of the molecule is COC(=O)C(COC(=O)CCS(=O)(=O)OC)NC(=O)OC(C)(C)C.[HH]. The Balaban J connectivity index is 0. The molecule has 11 heteroatoms. The number of methoxy groups -OCH3 is 1. The van der Waals surface area contributed by atoms with Crippen LogP contribution in [0.15, 0.2) is 0 Å². The molecule has 142 valence electrons. The zero-order chi connectivity index (χ0) is 19.0. The molecular formula is C13H25NO9S. The minimum absolute atomic E-state index is 0. The van der Waals surface area contributed by atoms with Crippen LogP contribution >= 0.6 is 0 Å². The van der Waals surface area contributed by atoms with E-state index in [2.05, 4.69) is 14.2 Å². The third-order valence-corrected chi connectivity index (χ3v) is 3.61. The van der Waals surface area contributed by atoms with Crippen LogP contribution in [0.3, 0.4) is 0 Å². The average molecular weight is 371 g/mol. The molecule has 0 aliphatic rings. The maximum absolute atomic E-state index is 11.7. The van der Waals surface area contributed by atoms with Crippen molar-refractivity contribution in [3.8, 4) is 0 Å². The fraction of sp³-hybridized carbons (Fsp3) is 0.769. The van der Waals surface area contributed by atoms with Gasteiger partial charge < -0.3 is 19.5 Å². The summed E-state index contributed by atoms with van der Waals surface area (Å²) < 4.78 is 40.6. The van der Waals surface area contributed by atoms with Gasteiger partial charge in [-0.05, 0) is 20.8 Å². The lowest BCUT2D eigenvalue weighted by molar-refractivity contribution is -0.150. The summed E-state index contributed by atoms with van der Waals surface area (Å²) in [6.07, 6.45) is -1.35. The molecule has 0 radical (unpaired) electrons. The molecule has 1 amide bonds. The van der Waals surface area contributed by atoms with Crippen molar-refractivity contribution in [2.45, 2.75) is 38.8 Å². The van der Waals surface area contributed by atoms with Gasteiger partial charge in [0.1, 0.15) is 12.2 Å². The number of amides is 1. The maximum Gasteiger partial charge on any atom is 0.408 e. The summed E-state index contributed by atoms with van der Waals surface area (Å²) in [5, 5.41) is 2.21. The second-order valence-corrected chi connectivity index (χ2v) is 7.44. The fourth-order valence-corrected chi connectivity index (χ4v) is 1.88. The van der Waals surface area contributed by atoms with Gasteiger partial charge in [-0.15, -0.1) is 0 Å². The van der Waals surface area contributed by atoms with E-state index in [4.69, 9.17) is 9.47 Å². The Morgan fingerprint density at radius 1 is 1.17 bits per heavy atom. The van der Waals surface area contributed by atoms with Gasteiger partial charge in [0.2, 0.25) is 0 Å². The summed E-state index contributed by atoms with van der Waals surface area (Å²) >= 11 is 0. The van der Waals surface area contributed by atoms with Crippen molar-refractivity contribution in [3.05, 3.63) is 0 Å². The number of carbonyl (C=O) groups is 3. The summed E-state index contributed by atoms with van der Waals surface area (Å²) in [6, 6.07) is -1.28. The standard InChI is InChI=1S/C13H23NO9S.H2/c1-13(2,3)23-12(17)14-9(11(16)20-4)8-22-10(15)6-7-24(18,19)21-5;/h9H,6-8H2,1-5H3,(H,14,17);1H. The molecule has 0 aliphatic heterocycles. The summed E-state index contributed by atoms with van der Waals surface area (Å²) in [5.41, 5.74) is -0.782. The van der Waals surface area contributed by atoms with Crippen LogP contribution < -0.4 is 5.32 Å². The van der Waals surface area contributed by atoms with Gasteiger partial charge in [0.05, 0.1) is 26.4 Å². The first kappa shape index (κ1) is 22.1. The van der Waals surface area contributed by atoms with Crippen molar-refractivity contribution in [2.75, 3.05) is 26.6 Å². The molecule has 0 saturated heterocycles. The van der Waals surface area contributed by atoms with Crippen molar-refractivity contribution < 1.29 is 42.6 Å². The van der Waals surface area contributed by atoms with E-state index in [1.807, 2.05) is 0 Å². The lowest BCUT2D eigenvalue weighted by Crippen LogP contribution is -2.47. The first-order chi connectivity index (χ1) is 10.9. The number of carbonyl (C=O) groups excluding carboxylic acids is 3. The molecule has 0 aromatic heterocycles. The molecule has 0 aromatic carbocycles. The molecule has 24 heavy (non-hydrogen) atoms. The van der Waals surface area contributed by atoms with Crippen molar-refractivity contribution in [1.82, 2.24) is 5.32 Å². The Labute approximate surface area is 142 Å². The van der Waals surface area contributed by atoms with Crippen LogP contribution in [0.4, 0.5) is 4.79 Å². The maximum atomic E-state index is 11.7. The highest BCUT2D eigenvalue weighted by Crippen LogP contribution is 2.07. The number of alkyl carbamates (subject to hydrolysis) is 1. The number of hydrogen-bond donors (Lipinski definition) is 1. The first-order valence-corrected chi connectivity index (χ1v) is 8.49. The van der Waals surface area contributed by atoms with E-state index < -0.39 is 58.6 Å². The van der Waals surface area contributed by atoms with Gasteiger partial charge in [-0.2, -0.15) is 8.42 Å². The molecule has 0 rings (SSSR count). The molecule has 0 fully saturated rings. The van der Waals surface area contributed by atoms with Crippen LogP contribution in [0.1, 0.15) is 28.6 Å². The molecule has 0 aromatic rings. The molecule has 1 atom stereocenters. The smallest absolute Gasteiger partial charge is 0.408 e. The Morgan fingerprint density at radius 2 is 1.75 bits per heavy atom. The Bertz CT molecular complexity index is 556. The molecule has 0 spiro atoms. The van der Waals surface area contributed by atoms with Crippen LogP contribution in [0.25, 0.3) is 0 Å². The van der Waals surface area contributed by atoms with E-state index in [0.717, 1.165) is 14.2 Å². The third kappa shape index (κ3) is 10.0. The zero-order valence-electron chi connectivity index (χ0n) is 14.3. The molecule has 1 unspecified atom stereocenters. The predicted molar refractivity (Wildman–Crippen MR) is 83.7 cm³/mol. The van der Waals surface area contributed by atoms with Crippen molar-refractivity contribution in [3.63, 3.8) is 0 Å². The molecule has 1 N–H and O–H groups in total. The molecule has 10 nitrogen and oxygen atoms in total. The summed E-state index contributed by atoms with van der Waals surface area (Å²) in [5.74, 6) is -2.29. The van der Waals surface area contributed by atoms with Gasteiger partial charge in [-0.3, -0.25) is 8.98 Å². The first-order valence-electron chi connectivity index (χ1n) is 6.91. The Kier molecular flexibility index (Phi) is 8.69. The Hall–Kier alpha value is -1.88. The van der Waals surface area contributed by atoms with Gasteiger partial charge >= 0.3 is 18.0 Å². The second kappa shape index (κ2) is 9.42. The lowest BCUT2D eigenvalue weighted by Gasteiger charge is -2.22. The predicted octanol–water partition coefficient (Wildman–Crippen LogP) is 0.208. The number of esters is 2. The van der Waals surface area contributed by atoms with Gasteiger partial charge in [-0.25, -0.2) is 9.59 Å². The van der Waals surface area contributed by atoms with Crippen molar-refractivity contribution in [1.29, 1.82) is 0 Å². The highest BCUT2D eigenvalue weighted by molar-refractivity contribution is 7.86. The summed E-state index contributed by atoms with van der Waals surface area (Å²) in [7, 11) is -1.73. The van der Waals surface area contributed by atoms with Gasteiger partial charge in [0.15, 0.2) is 6.04 Å². The minimum atomic E-state index is -3.80. The van der Waals surface area contributed by atoms with Crippen LogP contribution in [0.5, 0.6) is 0 Å². The van der Waals surface area contributed by atoms with E-state index in [0.29, 0.717) is 0 Å². The molecule has 0 heterocycles. The number of ether oxygens (including phenoxy) is 3. The summed E-state index contributed by atoms with van der Waals surface area (Å²) in [6.45, 7) is 4.37. The summed E-state index contributed by atoms with van der Waals surface area (Å²) in [4.78, 5) is 34.7. The van der Waals surface area contributed by atoms with Gasteiger partial charge in [0, 0.05) is 1.43 Å². The quantitative estimate of drug-likeness (QED) is 0.361. The highest BCUT2D eigenvalue weighted by Gasteiger charge is 2.26. The highest BCUT2D eigenvalue weighted by atomic mass is 32.2. The Morgan fingerprint density at radius 3 is 2.21 bits per heavy atom. The van der Waals surface area contributed by atoms with Gasteiger partial charge in [-0.1, -0.05) is 0 Å². The minimum Gasteiger partial charge on any atom is -0.467 e. The third-order valence-electron chi connectivity index (χ3n) is 2.40. The fourth-order valence-electron chi connectivity index (χ4n) is 1.30. The molecular weight excluding hydrogens is 346 g/mol. The van der Waals surface area contributed by atoms with Crippen LogP contribution in [0.2, 0.25) is 0 Å². The van der Waals surface area contributed by atoms with E-state index >= 15 is 0 Å². The van der Waals surface area contributed by atoms with Crippen molar-refractivity contribution >= 4 is 28.1 Å².